The average molecular weight is 342 g/mol. The summed E-state index contributed by atoms with van der Waals surface area (Å²) in [7, 11) is 0. The van der Waals surface area contributed by atoms with Crippen molar-refractivity contribution >= 4 is 17.2 Å². The van der Waals surface area contributed by atoms with E-state index in [2.05, 4.69) is 22.5 Å². The molecule has 126 valence electrons. The van der Waals surface area contributed by atoms with Gasteiger partial charge in [-0.1, -0.05) is 42.5 Å². The molecular formula is C19H22N2O2S. The Morgan fingerprint density at radius 3 is 2.83 bits per heavy atom. The van der Waals surface area contributed by atoms with Crippen LogP contribution < -0.4 is 5.32 Å². The lowest BCUT2D eigenvalue weighted by molar-refractivity contribution is -0.126. The Morgan fingerprint density at radius 2 is 2.17 bits per heavy atom. The zero-order chi connectivity index (χ0) is 16.8. The topological polar surface area (TPSA) is 62.2 Å². The van der Waals surface area contributed by atoms with E-state index in [0.29, 0.717) is 11.4 Å². The van der Waals surface area contributed by atoms with Crippen LogP contribution in [0.25, 0.3) is 0 Å². The number of benzene rings is 1. The molecule has 2 N–H and O–H groups in total. The maximum atomic E-state index is 12.6. The standard InChI is InChI=1S/C19H22N2O2S/c22-17(19-20-11-12-24-19)16(13-14-7-3-1-4-8-14)21-18(23)15-9-5-2-6-10-15/h1-5,7-8,11-12,15-17,22H,6,9-10,13H2,(H,21,23)/t15-,16-,17-/m1/s1. The van der Waals surface area contributed by atoms with E-state index in [4.69, 9.17) is 0 Å². The van der Waals surface area contributed by atoms with Gasteiger partial charge in [0.25, 0.3) is 0 Å². The van der Waals surface area contributed by atoms with Crippen LogP contribution in [0.1, 0.15) is 35.9 Å². The van der Waals surface area contributed by atoms with Gasteiger partial charge in [-0.2, -0.15) is 0 Å². The number of aliphatic hydroxyl groups excluding tert-OH is 1. The van der Waals surface area contributed by atoms with Crippen molar-refractivity contribution in [2.75, 3.05) is 0 Å². The highest BCUT2D eigenvalue weighted by Crippen LogP contribution is 2.24. The predicted molar refractivity (Wildman–Crippen MR) is 95.6 cm³/mol. The molecule has 1 aromatic heterocycles. The minimum atomic E-state index is -0.798. The Hall–Kier alpha value is -1.98. The summed E-state index contributed by atoms with van der Waals surface area (Å²) in [5.74, 6) is 0.0210. The zero-order valence-corrected chi connectivity index (χ0v) is 14.3. The zero-order valence-electron chi connectivity index (χ0n) is 13.5. The lowest BCUT2D eigenvalue weighted by atomic mass is 9.92. The van der Waals surface area contributed by atoms with Crippen LogP contribution in [-0.4, -0.2) is 22.0 Å². The van der Waals surface area contributed by atoms with Crippen LogP contribution in [0.15, 0.2) is 54.1 Å². The third kappa shape index (κ3) is 4.30. The first kappa shape index (κ1) is 16.9. The van der Waals surface area contributed by atoms with Crippen LogP contribution >= 0.6 is 11.3 Å². The van der Waals surface area contributed by atoms with E-state index in [1.165, 1.54) is 11.3 Å². The van der Waals surface area contributed by atoms with Gasteiger partial charge in [0.2, 0.25) is 5.91 Å². The number of carbonyl (C=O) groups is 1. The van der Waals surface area contributed by atoms with Crippen molar-refractivity contribution in [3.63, 3.8) is 0 Å². The van der Waals surface area contributed by atoms with E-state index in [0.717, 1.165) is 24.8 Å². The Balaban J connectivity index is 1.73. The first-order chi connectivity index (χ1) is 11.7. The van der Waals surface area contributed by atoms with Crippen molar-refractivity contribution in [1.82, 2.24) is 10.3 Å². The molecule has 1 heterocycles. The molecule has 1 amide bonds. The summed E-state index contributed by atoms with van der Waals surface area (Å²) in [6.45, 7) is 0. The minimum Gasteiger partial charge on any atom is -0.384 e. The predicted octanol–water partition coefficient (Wildman–Crippen LogP) is 3.26. The molecule has 24 heavy (non-hydrogen) atoms. The van der Waals surface area contributed by atoms with Gasteiger partial charge in [-0.15, -0.1) is 11.3 Å². The fraction of sp³-hybridized carbons (Fsp3) is 0.368. The summed E-state index contributed by atoms with van der Waals surface area (Å²) in [5.41, 5.74) is 1.09. The molecule has 2 aromatic rings. The summed E-state index contributed by atoms with van der Waals surface area (Å²) >= 11 is 1.41. The van der Waals surface area contributed by atoms with Crippen molar-refractivity contribution < 1.29 is 9.90 Å². The highest BCUT2D eigenvalue weighted by Gasteiger charge is 2.28. The fourth-order valence-electron chi connectivity index (χ4n) is 2.99. The molecular weight excluding hydrogens is 320 g/mol. The number of aliphatic hydroxyl groups is 1. The molecule has 0 fully saturated rings. The SMILES string of the molecule is O=C(N[C@H](Cc1ccccc1)[C@@H](O)c1nccs1)[C@@H]1CC=CCC1. The lowest BCUT2D eigenvalue weighted by Crippen LogP contribution is -2.44. The Bertz CT molecular complexity index is 670. The molecule has 0 radical (unpaired) electrons. The molecule has 0 aliphatic heterocycles. The van der Waals surface area contributed by atoms with Crippen molar-refractivity contribution in [3.05, 3.63) is 64.6 Å². The number of carbonyl (C=O) groups excluding carboxylic acids is 1. The largest absolute Gasteiger partial charge is 0.384 e. The molecule has 0 unspecified atom stereocenters. The van der Waals surface area contributed by atoms with E-state index >= 15 is 0 Å². The number of hydrogen-bond acceptors (Lipinski definition) is 4. The molecule has 0 bridgehead atoms. The number of hydrogen-bond donors (Lipinski definition) is 2. The van der Waals surface area contributed by atoms with Crippen molar-refractivity contribution in [1.29, 1.82) is 0 Å². The first-order valence-electron chi connectivity index (χ1n) is 8.31. The van der Waals surface area contributed by atoms with Crippen LogP contribution in [0, 0.1) is 5.92 Å². The van der Waals surface area contributed by atoms with Gasteiger partial charge in [0.1, 0.15) is 11.1 Å². The molecule has 0 saturated heterocycles. The lowest BCUT2D eigenvalue weighted by Gasteiger charge is -2.26. The number of nitrogens with one attached hydrogen (secondary N) is 1. The molecule has 3 atom stereocenters. The molecule has 3 rings (SSSR count). The quantitative estimate of drug-likeness (QED) is 0.792. The molecule has 5 heteroatoms. The summed E-state index contributed by atoms with van der Waals surface area (Å²) in [5, 5.41) is 16.2. The molecule has 4 nitrogen and oxygen atoms in total. The van der Waals surface area contributed by atoms with Crippen molar-refractivity contribution in [2.24, 2.45) is 5.92 Å². The van der Waals surface area contributed by atoms with E-state index in [1.54, 1.807) is 6.20 Å². The number of thiazole rings is 1. The maximum absolute atomic E-state index is 12.6. The number of rotatable bonds is 6. The number of allylic oxidation sites excluding steroid dienone is 2. The van der Waals surface area contributed by atoms with Gasteiger partial charge < -0.3 is 10.4 Å². The smallest absolute Gasteiger partial charge is 0.223 e. The average Bonchev–Trinajstić information content (AvgIpc) is 3.17. The van der Waals surface area contributed by atoms with Crippen LogP contribution in [0.3, 0.4) is 0 Å². The summed E-state index contributed by atoms with van der Waals surface area (Å²) in [6.07, 6.45) is 8.23. The molecule has 0 saturated carbocycles. The van der Waals surface area contributed by atoms with Crippen LogP contribution in [0.4, 0.5) is 0 Å². The number of aromatic nitrogens is 1. The second-order valence-electron chi connectivity index (χ2n) is 6.10. The van der Waals surface area contributed by atoms with E-state index in [1.807, 2.05) is 35.7 Å². The Kier molecular flexibility index (Phi) is 5.77. The van der Waals surface area contributed by atoms with Gasteiger partial charge in [-0.3, -0.25) is 4.79 Å². The molecule has 1 aromatic carbocycles. The van der Waals surface area contributed by atoms with Crippen LogP contribution in [-0.2, 0) is 11.2 Å². The van der Waals surface area contributed by atoms with Gasteiger partial charge in [0.15, 0.2) is 0 Å². The Labute approximate surface area is 146 Å². The fourth-order valence-corrected chi connectivity index (χ4v) is 3.68. The first-order valence-corrected chi connectivity index (χ1v) is 9.19. The second-order valence-corrected chi connectivity index (χ2v) is 7.03. The van der Waals surface area contributed by atoms with Gasteiger partial charge in [-0.05, 0) is 31.2 Å². The van der Waals surface area contributed by atoms with Gasteiger partial charge in [0.05, 0.1) is 6.04 Å². The maximum Gasteiger partial charge on any atom is 0.223 e. The van der Waals surface area contributed by atoms with Gasteiger partial charge in [0, 0.05) is 17.5 Å². The second kappa shape index (κ2) is 8.22. The monoisotopic (exact) mass is 342 g/mol. The highest BCUT2D eigenvalue weighted by molar-refractivity contribution is 7.09. The normalized spacial score (nSPS) is 19.6. The molecule has 1 aliphatic rings. The van der Waals surface area contributed by atoms with Crippen molar-refractivity contribution in [3.8, 4) is 0 Å². The summed E-state index contributed by atoms with van der Waals surface area (Å²) in [6, 6.07) is 9.54. The number of nitrogens with zero attached hydrogens (tertiary/aromatic N) is 1. The summed E-state index contributed by atoms with van der Waals surface area (Å²) < 4.78 is 0. The summed E-state index contributed by atoms with van der Waals surface area (Å²) in [4.78, 5) is 16.8. The van der Waals surface area contributed by atoms with E-state index in [9.17, 15) is 9.90 Å². The number of amides is 1. The minimum absolute atomic E-state index is 0.00299. The van der Waals surface area contributed by atoms with E-state index < -0.39 is 6.10 Å². The van der Waals surface area contributed by atoms with Gasteiger partial charge >= 0.3 is 0 Å². The van der Waals surface area contributed by atoms with Crippen LogP contribution in [0.5, 0.6) is 0 Å². The molecule has 0 spiro atoms. The Morgan fingerprint density at radius 1 is 1.33 bits per heavy atom. The third-order valence-electron chi connectivity index (χ3n) is 4.35. The van der Waals surface area contributed by atoms with Crippen LogP contribution in [0.2, 0.25) is 0 Å². The van der Waals surface area contributed by atoms with Gasteiger partial charge in [-0.25, -0.2) is 4.98 Å². The highest BCUT2D eigenvalue weighted by atomic mass is 32.1. The molecule has 1 aliphatic carbocycles. The van der Waals surface area contributed by atoms with Crippen molar-refractivity contribution in [2.45, 2.75) is 37.8 Å². The van der Waals surface area contributed by atoms with E-state index in [-0.39, 0.29) is 17.9 Å². The third-order valence-corrected chi connectivity index (χ3v) is 5.20.